The molecule has 124 valence electrons. The number of aldehydes is 1. The Labute approximate surface area is 134 Å². The number of piperidine rings is 1. The molecule has 0 N–H and O–H groups in total. The fourth-order valence-corrected chi connectivity index (χ4v) is 3.00. The fourth-order valence-electron chi connectivity index (χ4n) is 3.00. The van der Waals surface area contributed by atoms with Crippen molar-refractivity contribution in [3.8, 4) is 5.75 Å². The molecule has 1 aromatic carbocycles. The van der Waals surface area contributed by atoms with Crippen LogP contribution in [0.25, 0.3) is 0 Å². The van der Waals surface area contributed by atoms with Crippen LogP contribution < -0.4 is 4.74 Å². The molecule has 2 rings (SSSR count). The summed E-state index contributed by atoms with van der Waals surface area (Å²) in [5, 5.41) is 11.1. The highest BCUT2D eigenvalue weighted by atomic mass is 16.6. The van der Waals surface area contributed by atoms with Crippen molar-refractivity contribution < 1.29 is 19.2 Å². The van der Waals surface area contributed by atoms with E-state index in [2.05, 4.69) is 0 Å². The Balaban J connectivity index is 2.09. The fraction of sp³-hybridized carbons (Fsp3) is 0.500. The maximum atomic E-state index is 12.4. The van der Waals surface area contributed by atoms with Crippen molar-refractivity contribution in [3.63, 3.8) is 0 Å². The third-order valence-electron chi connectivity index (χ3n) is 4.15. The molecule has 0 spiro atoms. The molecule has 0 radical (unpaired) electrons. The quantitative estimate of drug-likeness (QED) is 0.472. The van der Waals surface area contributed by atoms with Crippen molar-refractivity contribution in [2.45, 2.75) is 45.2 Å². The van der Waals surface area contributed by atoms with Gasteiger partial charge in [0.05, 0.1) is 4.92 Å². The Kier molecular flexibility index (Phi) is 5.31. The first-order chi connectivity index (χ1) is 10.9. The van der Waals surface area contributed by atoms with E-state index in [1.54, 1.807) is 4.90 Å². The van der Waals surface area contributed by atoms with Gasteiger partial charge in [-0.25, -0.2) is 0 Å². The number of ether oxygens (including phenoxy) is 1. The van der Waals surface area contributed by atoms with Gasteiger partial charge in [-0.05, 0) is 45.2 Å². The van der Waals surface area contributed by atoms with Crippen LogP contribution in [0, 0.1) is 10.1 Å². The Hall–Kier alpha value is -2.44. The SMILES string of the molecule is C[C@@H]1CCC[C@@H](C)N1C(=O)COc1ccc(C=O)cc1[N+](=O)[O-]. The summed E-state index contributed by atoms with van der Waals surface area (Å²) in [4.78, 5) is 35.3. The number of hydrogen-bond acceptors (Lipinski definition) is 5. The zero-order valence-electron chi connectivity index (χ0n) is 13.2. The number of benzene rings is 1. The van der Waals surface area contributed by atoms with Gasteiger partial charge >= 0.3 is 5.69 Å². The first-order valence-corrected chi connectivity index (χ1v) is 7.61. The zero-order valence-corrected chi connectivity index (χ0v) is 13.2. The van der Waals surface area contributed by atoms with E-state index in [0.29, 0.717) is 6.29 Å². The number of amides is 1. The lowest BCUT2D eigenvalue weighted by atomic mass is 9.97. The number of rotatable bonds is 5. The third kappa shape index (κ3) is 3.85. The lowest BCUT2D eigenvalue weighted by Crippen LogP contribution is -2.49. The van der Waals surface area contributed by atoms with E-state index in [1.807, 2.05) is 13.8 Å². The normalized spacial score (nSPS) is 20.9. The van der Waals surface area contributed by atoms with Gasteiger partial charge in [-0.15, -0.1) is 0 Å². The lowest BCUT2D eigenvalue weighted by molar-refractivity contribution is -0.385. The van der Waals surface area contributed by atoms with Crippen LogP contribution in [0.15, 0.2) is 18.2 Å². The molecule has 1 saturated heterocycles. The molecule has 0 saturated carbocycles. The molecule has 7 heteroatoms. The Morgan fingerprint density at radius 3 is 2.61 bits per heavy atom. The Morgan fingerprint density at radius 2 is 2.04 bits per heavy atom. The van der Waals surface area contributed by atoms with Crippen molar-refractivity contribution in [1.29, 1.82) is 0 Å². The summed E-state index contributed by atoms with van der Waals surface area (Å²) in [5.41, 5.74) is -0.129. The molecular weight excluding hydrogens is 300 g/mol. The number of carbonyl (C=O) groups is 2. The average Bonchev–Trinajstić information content (AvgIpc) is 2.52. The third-order valence-corrected chi connectivity index (χ3v) is 4.15. The standard InChI is InChI=1S/C16H20N2O5/c1-11-4-3-5-12(2)17(11)16(20)10-23-15-7-6-13(9-19)8-14(15)18(21)22/h6-9,11-12H,3-5,10H2,1-2H3/t11-,12-/m1/s1. The first kappa shape index (κ1) is 16.9. The van der Waals surface area contributed by atoms with Crippen LogP contribution in [0.1, 0.15) is 43.5 Å². The summed E-state index contributed by atoms with van der Waals surface area (Å²) in [7, 11) is 0. The summed E-state index contributed by atoms with van der Waals surface area (Å²) < 4.78 is 5.36. The molecule has 2 atom stereocenters. The molecule has 0 unspecified atom stereocenters. The predicted octanol–water partition coefficient (Wildman–Crippen LogP) is 2.58. The summed E-state index contributed by atoms with van der Waals surface area (Å²) in [6.07, 6.45) is 3.51. The van der Waals surface area contributed by atoms with Crippen LogP contribution >= 0.6 is 0 Å². The maximum absolute atomic E-state index is 12.4. The van der Waals surface area contributed by atoms with Gasteiger partial charge in [-0.3, -0.25) is 19.7 Å². The summed E-state index contributed by atoms with van der Waals surface area (Å²) in [6.45, 7) is 3.74. The minimum Gasteiger partial charge on any atom is -0.477 e. The molecule has 0 bridgehead atoms. The molecule has 1 fully saturated rings. The largest absolute Gasteiger partial charge is 0.477 e. The van der Waals surface area contributed by atoms with E-state index in [-0.39, 0.29) is 41.6 Å². The van der Waals surface area contributed by atoms with Crippen molar-refractivity contribution in [1.82, 2.24) is 4.90 Å². The molecule has 0 aromatic heterocycles. The lowest BCUT2D eigenvalue weighted by Gasteiger charge is -2.38. The molecule has 23 heavy (non-hydrogen) atoms. The van der Waals surface area contributed by atoms with Gasteiger partial charge in [-0.2, -0.15) is 0 Å². The number of carbonyl (C=O) groups excluding carboxylic acids is 2. The molecule has 1 aliphatic rings. The number of nitro groups is 1. The molecule has 1 aliphatic heterocycles. The second kappa shape index (κ2) is 7.21. The summed E-state index contributed by atoms with van der Waals surface area (Å²) in [5.74, 6) is -0.190. The van der Waals surface area contributed by atoms with Gasteiger partial charge in [0.15, 0.2) is 12.4 Å². The molecule has 1 aromatic rings. The zero-order chi connectivity index (χ0) is 17.0. The second-order valence-electron chi connectivity index (χ2n) is 5.82. The second-order valence-corrected chi connectivity index (χ2v) is 5.82. The highest BCUT2D eigenvalue weighted by Crippen LogP contribution is 2.28. The van der Waals surface area contributed by atoms with Gasteiger partial charge in [0, 0.05) is 23.7 Å². The average molecular weight is 320 g/mol. The maximum Gasteiger partial charge on any atom is 0.311 e. The van der Waals surface area contributed by atoms with Crippen molar-refractivity contribution in [2.24, 2.45) is 0 Å². The molecular formula is C16H20N2O5. The monoisotopic (exact) mass is 320 g/mol. The van der Waals surface area contributed by atoms with E-state index in [9.17, 15) is 19.7 Å². The number of hydrogen-bond donors (Lipinski definition) is 0. The topological polar surface area (TPSA) is 89.8 Å². The van der Waals surface area contributed by atoms with Crippen molar-refractivity contribution >= 4 is 17.9 Å². The van der Waals surface area contributed by atoms with Crippen molar-refractivity contribution in [2.75, 3.05) is 6.61 Å². The molecule has 1 heterocycles. The first-order valence-electron chi connectivity index (χ1n) is 7.61. The minimum absolute atomic E-state index is 0.00809. The summed E-state index contributed by atoms with van der Waals surface area (Å²) >= 11 is 0. The van der Waals surface area contributed by atoms with E-state index in [1.165, 1.54) is 12.1 Å². The van der Waals surface area contributed by atoms with Gasteiger partial charge in [-0.1, -0.05) is 0 Å². The van der Waals surface area contributed by atoms with Gasteiger partial charge in [0.1, 0.15) is 6.29 Å². The molecule has 7 nitrogen and oxygen atoms in total. The highest BCUT2D eigenvalue weighted by molar-refractivity contribution is 5.79. The van der Waals surface area contributed by atoms with Crippen molar-refractivity contribution in [3.05, 3.63) is 33.9 Å². The van der Waals surface area contributed by atoms with Crippen LogP contribution in [0.2, 0.25) is 0 Å². The smallest absolute Gasteiger partial charge is 0.311 e. The van der Waals surface area contributed by atoms with E-state index in [4.69, 9.17) is 4.74 Å². The number of likely N-dealkylation sites (tertiary alicyclic amines) is 1. The van der Waals surface area contributed by atoms with Crippen LogP contribution in [0.3, 0.4) is 0 Å². The van der Waals surface area contributed by atoms with Crippen LogP contribution in [0.5, 0.6) is 5.75 Å². The van der Waals surface area contributed by atoms with E-state index >= 15 is 0 Å². The van der Waals surface area contributed by atoms with Crippen LogP contribution in [-0.2, 0) is 4.79 Å². The predicted molar refractivity (Wildman–Crippen MR) is 83.6 cm³/mol. The molecule has 1 amide bonds. The van der Waals surface area contributed by atoms with Gasteiger partial charge in [0.25, 0.3) is 5.91 Å². The Morgan fingerprint density at radius 1 is 1.39 bits per heavy atom. The van der Waals surface area contributed by atoms with Crippen LogP contribution in [0.4, 0.5) is 5.69 Å². The summed E-state index contributed by atoms with van der Waals surface area (Å²) in [6, 6.07) is 4.19. The van der Waals surface area contributed by atoms with E-state index < -0.39 is 4.92 Å². The van der Waals surface area contributed by atoms with Crippen LogP contribution in [-0.4, -0.2) is 40.7 Å². The minimum atomic E-state index is -0.626. The van der Waals surface area contributed by atoms with Gasteiger partial charge < -0.3 is 9.64 Å². The number of nitrogens with zero attached hydrogens (tertiary/aromatic N) is 2. The Bertz CT molecular complexity index is 606. The van der Waals surface area contributed by atoms with Gasteiger partial charge in [0.2, 0.25) is 0 Å². The van der Waals surface area contributed by atoms with E-state index in [0.717, 1.165) is 25.3 Å². The highest BCUT2D eigenvalue weighted by Gasteiger charge is 2.29. The number of nitro benzene ring substituents is 1. The molecule has 0 aliphatic carbocycles.